The summed E-state index contributed by atoms with van der Waals surface area (Å²) >= 11 is -2.41. The minimum Gasteiger partial charge on any atom is -0.480 e. The summed E-state index contributed by atoms with van der Waals surface area (Å²) in [7, 11) is 0. The average molecular weight is 339 g/mol. The van der Waals surface area contributed by atoms with Crippen LogP contribution in [0.1, 0.15) is 12.8 Å². The number of nitrogens with one attached hydrogen (secondary N) is 2. The maximum absolute atomic E-state index is 11.6. The fraction of sp³-hybridized carbons (Fsp3) is 0.600. The highest BCUT2D eigenvalue weighted by atomic mass is 32.2. The van der Waals surface area contributed by atoms with Gasteiger partial charge in [0.2, 0.25) is 11.8 Å². The van der Waals surface area contributed by atoms with Crippen molar-refractivity contribution in [2.24, 2.45) is 5.73 Å². The Balaban J connectivity index is 4.53. The van der Waals surface area contributed by atoms with Crippen LogP contribution in [0.25, 0.3) is 0 Å². The van der Waals surface area contributed by atoms with Crippen molar-refractivity contribution in [1.29, 1.82) is 0 Å². The Kier molecular flexibility index (Phi) is 8.89. The van der Waals surface area contributed by atoms with Gasteiger partial charge in [-0.15, -0.1) is 0 Å². The van der Waals surface area contributed by atoms with E-state index in [1.165, 1.54) is 0 Å². The first-order valence-corrected chi connectivity index (χ1v) is 7.25. The number of rotatable bonds is 10. The summed E-state index contributed by atoms with van der Waals surface area (Å²) in [6.45, 7) is -0.715. The van der Waals surface area contributed by atoms with Gasteiger partial charge in [0.15, 0.2) is 11.1 Å². The molecular formula is C10H17N3O8S. The first kappa shape index (κ1) is 19.9. The first-order valence-electron chi connectivity index (χ1n) is 5.98. The number of carbonyl (C=O) groups excluding carboxylic acids is 2. The number of hydrogen-bond acceptors (Lipinski definition) is 6. The molecule has 22 heavy (non-hydrogen) atoms. The Hall–Kier alpha value is -2.05. The van der Waals surface area contributed by atoms with Crippen molar-refractivity contribution in [2.45, 2.75) is 24.9 Å². The molecule has 0 radical (unpaired) electrons. The van der Waals surface area contributed by atoms with E-state index in [-0.39, 0.29) is 12.8 Å². The number of hydrogen-bond donors (Lipinski definition) is 6. The summed E-state index contributed by atoms with van der Waals surface area (Å²) in [5.41, 5.74) is 5.20. The lowest BCUT2D eigenvalue weighted by atomic mass is 10.1. The SMILES string of the molecule is N[C@@H](CCC(=O)N[C@H](CS(=O)O)C(=O)NCC(=O)O)C(=O)O. The van der Waals surface area contributed by atoms with Gasteiger partial charge in [-0.3, -0.25) is 19.2 Å². The van der Waals surface area contributed by atoms with Crippen LogP contribution in [-0.4, -0.2) is 67.1 Å². The molecule has 0 aromatic rings. The van der Waals surface area contributed by atoms with E-state index in [0.29, 0.717) is 0 Å². The maximum atomic E-state index is 11.6. The fourth-order valence-electron chi connectivity index (χ4n) is 1.29. The summed E-state index contributed by atoms with van der Waals surface area (Å²) in [5, 5.41) is 21.1. The van der Waals surface area contributed by atoms with Crippen molar-refractivity contribution in [3.8, 4) is 0 Å². The highest BCUT2D eigenvalue weighted by Gasteiger charge is 2.24. The summed E-state index contributed by atoms with van der Waals surface area (Å²) in [4.78, 5) is 44.0. The molecule has 0 aromatic heterocycles. The largest absolute Gasteiger partial charge is 0.480 e. The van der Waals surface area contributed by atoms with Gasteiger partial charge in [0.05, 0.1) is 5.75 Å². The predicted octanol–water partition coefficient (Wildman–Crippen LogP) is -2.91. The van der Waals surface area contributed by atoms with Crippen LogP contribution in [0.2, 0.25) is 0 Å². The summed E-state index contributed by atoms with van der Waals surface area (Å²) in [6.07, 6.45) is -0.499. The number of carboxylic acids is 2. The molecule has 0 heterocycles. The molecule has 0 bridgehead atoms. The Morgan fingerprint density at radius 1 is 1.18 bits per heavy atom. The molecule has 0 aliphatic rings. The number of nitrogens with two attached hydrogens (primary N) is 1. The molecule has 7 N–H and O–H groups in total. The van der Waals surface area contributed by atoms with Crippen molar-refractivity contribution in [2.75, 3.05) is 12.3 Å². The molecule has 0 spiro atoms. The topological polar surface area (TPSA) is 196 Å². The van der Waals surface area contributed by atoms with E-state index in [9.17, 15) is 23.4 Å². The molecule has 0 fully saturated rings. The number of aliphatic carboxylic acids is 2. The third kappa shape index (κ3) is 8.99. The molecule has 11 nitrogen and oxygen atoms in total. The Bertz CT molecular complexity index is 469. The Morgan fingerprint density at radius 2 is 1.77 bits per heavy atom. The van der Waals surface area contributed by atoms with Crippen molar-refractivity contribution in [1.82, 2.24) is 10.6 Å². The van der Waals surface area contributed by atoms with Crippen molar-refractivity contribution in [3.63, 3.8) is 0 Å². The highest BCUT2D eigenvalue weighted by Crippen LogP contribution is 1.97. The Labute approximate surface area is 127 Å². The van der Waals surface area contributed by atoms with Crippen molar-refractivity contribution < 1.29 is 38.2 Å². The summed E-state index contributed by atoms with van der Waals surface area (Å²) in [5.74, 6) is -4.95. The molecule has 3 atom stereocenters. The van der Waals surface area contributed by atoms with Crippen LogP contribution in [0, 0.1) is 0 Å². The van der Waals surface area contributed by atoms with E-state index >= 15 is 0 Å². The summed E-state index contributed by atoms with van der Waals surface area (Å²) in [6, 6.07) is -2.67. The van der Waals surface area contributed by atoms with Crippen LogP contribution < -0.4 is 16.4 Å². The predicted molar refractivity (Wildman–Crippen MR) is 73.1 cm³/mol. The van der Waals surface area contributed by atoms with E-state index in [2.05, 4.69) is 5.32 Å². The average Bonchev–Trinajstić information content (AvgIpc) is 2.40. The second kappa shape index (κ2) is 9.81. The zero-order valence-corrected chi connectivity index (χ0v) is 12.2. The molecule has 0 aromatic carbocycles. The lowest BCUT2D eigenvalue weighted by Crippen LogP contribution is -2.50. The van der Waals surface area contributed by atoms with Gasteiger partial charge in [-0.1, -0.05) is 0 Å². The minimum absolute atomic E-state index is 0.188. The van der Waals surface area contributed by atoms with E-state index < -0.39 is 59.2 Å². The van der Waals surface area contributed by atoms with Gasteiger partial charge in [0.1, 0.15) is 18.6 Å². The lowest BCUT2D eigenvalue weighted by Gasteiger charge is -2.16. The van der Waals surface area contributed by atoms with Crippen molar-refractivity contribution in [3.05, 3.63) is 0 Å². The van der Waals surface area contributed by atoms with E-state index in [0.717, 1.165) is 0 Å². The molecule has 2 amide bonds. The van der Waals surface area contributed by atoms with Gasteiger partial charge in [0, 0.05) is 6.42 Å². The minimum atomic E-state index is -2.41. The van der Waals surface area contributed by atoms with Crippen LogP contribution in [0.5, 0.6) is 0 Å². The highest BCUT2D eigenvalue weighted by molar-refractivity contribution is 7.79. The fourth-order valence-corrected chi connectivity index (χ4v) is 1.81. The van der Waals surface area contributed by atoms with Gasteiger partial charge in [0.25, 0.3) is 0 Å². The van der Waals surface area contributed by atoms with Crippen LogP contribution in [0.4, 0.5) is 0 Å². The zero-order valence-electron chi connectivity index (χ0n) is 11.4. The van der Waals surface area contributed by atoms with Gasteiger partial charge in [-0.05, 0) is 6.42 Å². The van der Waals surface area contributed by atoms with E-state index in [1.54, 1.807) is 0 Å². The second-order valence-electron chi connectivity index (χ2n) is 4.20. The van der Waals surface area contributed by atoms with Crippen LogP contribution in [-0.2, 0) is 30.3 Å². The number of carboxylic acid groups (broad SMARTS) is 2. The molecule has 1 unspecified atom stereocenters. The third-order valence-electron chi connectivity index (χ3n) is 2.37. The maximum Gasteiger partial charge on any atom is 0.322 e. The van der Waals surface area contributed by atoms with Crippen LogP contribution in [0.3, 0.4) is 0 Å². The second-order valence-corrected chi connectivity index (χ2v) is 5.18. The van der Waals surface area contributed by atoms with Gasteiger partial charge >= 0.3 is 11.9 Å². The smallest absolute Gasteiger partial charge is 0.322 e. The molecule has 0 saturated heterocycles. The lowest BCUT2D eigenvalue weighted by molar-refractivity contribution is -0.139. The molecular weight excluding hydrogens is 322 g/mol. The van der Waals surface area contributed by atoms with E-state index in [4.69, 9.17) is 20.5 Å². The molecule has 12 heteroatoms. The normalized spacial score (nSPS) is 14.5. The summed E-state index contributed by atoms with van der Waals surface area (Å²) < 4.78 is 19.5. The molecule has 126 valence electrons. The molecule has 0 rings (SSSR count). The van der Waals surface area contributed by atoms with Gasteiger partial charge in [-0.2, -0.15) is 0 Å². The molecule has 0 aliphatic heterocycles. The quantitative estimate of drug-likeness (QED) is 0.226. The first-order chi connectivity index (χ1) is 10.1. The van der Waals surface area contributed by atoms with Crippen LogP contribution in [0.15, 0.2) is 0 Å². The third-order valence-corrected chi connectivity index (χ3v) is 2.99. The molecule has 0 saturated carbocycles. The monoisotopic (exact) mass is 339 g/mol. The Morgan fingerprint density at radius 3 is 2.23 bits per heavy atom. The molecule has 0 aliphatic carbocycles. The van der Waals surface area contributed by atoms with Gasteiger partial charge in [-0.25, -0.2) is 4.21 Å². The number of carbonyl (C=O) groups is 4. The van der Waals surface area contributed by atoms with Gasteiger partial charge < -0.3 is 31.1 Å². The van der Waals surface area contributed by atoms with Crippen LogP contribution >= 0.6 is 0 Å². The van der Waals surface area contributed by atoms with Crippen molar-refractivity contribution >= 4 is 34.8 Å². The standard InChI is InChI=1S/C10H17N3O8S/c11-5(10(18)19)1-2-7(14)13-6(4-22(20)21)9(17)12-3-8(15)16/h5-6H,1-4,11H2,(H,12,17)(H,13,14)(H,15,16)(H,18,19)(H,20,21)/t5-,6+/m0/s1. The number of amides is 2. The zero-order chi connectivity index (χ0) is 17.3. The van der Waals surface area contributed by atoms with E-state index in [1.807, 2.05) is 5.32 Å².